The Morgan fingerprint density at radius 3 is 2.60 bits per heavy atom. The van der Waals surface area contributed by atoms with E-state index in [-0.39, 0.29) is 6.03 Å². The zero-order chi connectivity index (χ0) is 21.7. The van der Waals surface area contributed by atoms with E-state index in [1.807, 2.05) is 49.2 Å². The Hall–Kier alpha value is -2.87. The van der Waals surface area contributed by atoms with Gasteiger partial charge in [0.25, 0.3) is 0 Å². The molecule has 0 unspecified atom stereocenters. The van der Waals surface area contributed by atoms with Crippen LogP contribution in [0.1, 0.15) is 19.7 Å². The first-order valence-electron chi connectivity index (χ1n) is 10.5. The highest BCUT2D eigenvalue weighted by Gasteiger charge is 2.18. The maximum absolute atomic E-state index is 12.1. The van der Waals surface area contributed by atoms with Gasteiger partial charge in [-0.15, -0.1) is 0 Å². The summed E-state index contributed by atoms with van der Waals surface area (Å²) in [6.45, 7) is 10.7. The lowest BCUT2D eigenvalue weighted by molar-refractivity contribution is 0.251. The van der Waals surface area contributed by atoms with Gasteiger partial charge in [-0.25, -0.2) is 14.8 Å². The van der Waals surface area contributed by atoms with Crippen molar-refractivity contribution in [3.63, 3.8) is 0 Å². The second kappa shape index (κ2) is 9.75. The number of anilines is 4. The number of likely N-dealkylation sites (N-methyl/N-ethyl adjacent to an activating group) is 1. The molecule has 0 radical (unpaired) electrons. The summed E-state index contributed by atoms with van der Waals surface area (Å²) < 4.78 is 0. The molecule has 8 heteroatoms. The maximum Gasteiger partial charge on any atom is 0.319 e. The minimum atomic E-state index is -0.196. The molecule has 30 heavy (non-hydrogen) atoms. The van der Waals surface area contributed by atoms with E-state index in [4.69, 9.17) is 0 Å². The van der Waals surface area contributed by atoms with Crippen LogP contribution in [-0.2, 0) is 0 Å². The summed E-state index contributed by atoms with van der Waals surface area (Å²) in [5.74, 6) is 2.94. The Morgan fingerprint density at radius 1 is 1.17 bits per heavy atom. The lowest BCUT2D eigenvalue weighted by atomic mass is 10.2. The van der Waals surface area contributed by atoms with E-state index in [1.165, 1.54) is 0 Å². The fourth-order valence-corrected chi connectivity index (χ4v) is 3.30. The van der Waals surface area contributed by atoms with Gasteiger partial charge in [-0.3, -0.25) is 0 Å². The van der Waals surface area contributed by atoms with Crippen LogP contribution in [0.3, 0.4) is 0 Å². The van der Waals surface area contributed by atoms with Crippen LogP contribution in [0, 0.1) is 12.8 Å². The molecule has 2 aromatic rings. The monoisotopic (exact) mass is 411 g/mol. The van der Waals surface area contributed by atoms with Crippen LogP contribution in [0.4, 0.5) is 27.8 Å². The summed E-state index contributed by atoms with van der Waals surface area (Å²) in [5.41, 5.74) is 1.68. The molecule has 162 valence electrons. The van der Waals surface area contributed by atoms with Gasteiger partial charge in [0.2, 0.25) is 0 Å². The molecular formula is C22H33N7O. The number of aromatic nitrogens is 2. The number of nitrogens with zero attached hydrogens (tertiary/aromatic N) is 5. The minimum Gasteiger partial charge on any atom is -0.354 e. The van der Waals surface area contributed by atoms with Crippen molar-refractivity contribution in [1.82, 2.24) is 20.2 Å². The smallest absolute Gasteiger partial charge is 0.319 e. The first-order chi connectivity index (χ1) is 14.3. The van der Waals surface area contributed by atoms with E-state index in [2.05, 4.69) is 51.3 Å². The lowest BCUT2D eigenvalue weighted by Crippen LogP contribution is -2.45. The predicted molar refractivity (Wildman–Crippen MR) is 123 cm³/mol. The van der Waals surface area contributed by atoms with Crippen molar-refractivity contribution in [1.29, 1.82) is 0 Å². The van der Waals surface area contributed by atoms with Gasteiger partial charge in [0, 0.05) is 57.2 Å². The largest absolute Gasteiger partial charge is 0.354 e. The molecule has 1 aliphatic rings. The highest BCUT2D eigenvalue weighted by atomic mass is 16.2. The van der Waals surface area contributed by atoms with Gasteiger partial charge in [0.15, 0.2) is 0 Å². The molecule has 1 saturated heterocycles. The van der Waals surface area contributed by atoms with E-state index in [9.17, 15) is 4.79 Å². The number of hydrogen-bond donors (Lipinski definition) is 2. The van der Waals surface area contributed by atoms with Crippen molar-refractivity contribution >= 4 is 29.0 Å². The fraction of sp³-hybridized carbons (Fsp3) is 0.500. The number of nitrogens with one attached hydrogen (secondary N) is 2. The van der Waals surface area contributed by atoms with Crippen LogP contribution < -0.4 is 20.4 Å². The zero-order valence-electron chi connectivity index (χ0n) is 18.6. The Bertz CT molecular complexity index is 862. The third kappa shape index (κ3) is 5.82. The topological polar surface area (TPSA) is 76.6 Å². The fourth-order valence-electron chi connectivity index (χ4n) is 3.30. The van der Waals surface area contributed by atoms with Gasteiger partial charge in [-0.1, -0.05) is 19.9 Å². The molecule has 1 aromatic heterocycles. The first kappa shape index (κ1) is 21.8. The summed E-state index contributed by atoms with van der Waals surface area (Å²) in [4.78, 5) is 28.0. The molecule has 2 amide bonds. The van der Waals surface area contributed by atoms with Crippen LogP contribution in [0.5, 0.6) is 0 Å². The molecule has 1 aromatic carbocycles. The molecule has 0 aliphatic carbocycles. The Balaban J connectivity index is 1.74. The molecule has 1 aliphatic heterocycles. The summed E-state index contributed by atoms with van der Waals surface area (Å²) in [6.07, 6.45) is 0. The Kier molecular flexibility index (Phi) is 7.10. The highest BCUT2D eigenvalue weighted by molar-refractivity contribution is 5.90. The molecular weight excluding hydrogens is 378 g/mol. The first-order valence-corrected chi connectivity index (χ1v) is 10.5. The average molecular weight is 412 g/mol. The van der Waals surface area contributed by atoms with E-state index >= 15 is 0 Å². The van der Waals surface area contributed by atoms with Crippen LogP contribution in [0.2, 0.25) is 0 Å². The van der Waals surface area contributed by atoms with Crippen LogP contribution >= 0.6 is 0 Å². The molecule has 3 rings (SSSR count). The van der Waals surface area contributed by atoms with Crippen molar-refractivity contribution < 1.29 is 4.79 Å². The van der Waals surface area contributed by atoms with Crippen LogP contribution in [-0.4, -0.2) is 67.7 Å². The third-order valence-corrected chi connectivity index (χ3v) is 5.14. The van der Waals surface area contributed by atoms with E-state index in [0.717, 1.165) is 55.0 Å². The zero-order valence-corrected chi connectivity index (χ0v) is 18.6. The molecule has 0 atom stereocenters. The van der Waals surface area contributed by atoms with Gasteiger partial charge in [0.1, 0.15) is 17.5 Å². The summed E-state index contributed by atoms with van der Waals surface area (Å²) in [7, 11) is 4.12. The van der Waals surface area contributed by atoms with Crippen molar-refractivity contribution in [3.05, 3.63) is 36.2 Å². The van der Waals surface area contributed by atoms with Crippen LogP contribution in [0.25, 0.3) is 0 Å². The van der Waals surface area contributed by atoms with Crippen molar-refractivity contribution in [3.8, 4) is 0 Å². The van der Waals surface area contributed by atoms with Gasteiger partial charge >= 0.3 is 6.03 Å². The number of carbonyl (C=O) groups is 1. The molecule has 0 spiro atoms. The Morgan fingerprint density at radius 2 is 1.90 bits per heavy atom. The number of amides is 2. The molecule has 0 saturated carbocycles. The molecule has 0 bridgehead atoms. The summed E-state index contributed by atoms with van der Waals surface area (Å²) >= 11 is 0. The maximum atomic E-state index is 12.1. The van der Waals surface area contributed by atoms with Gasteiger partial charge in [0.05, 0.1) is 0 Å². The molecule has 2 N–H and O–H groups in total. The quantitative estimate of drug-likeness (QED) is 0.761. The van der Waals surface area contributed by atoms with Crippen molar-refractivity contribution in [2.75, 3.05) is 61.9 Å². The number of aryl methyl sites for hydroxylation is 1. The number of benzene rings is 1. The van der Waals surface area contributed by atoms with Crippen molar-refractivity contribution in [2.45, 2.75) is 20.8 Å². The van der Waals surface area contributed by atoms with Gasteiger partial charge in [-0.2, -0.15) is 0 Å². The lowest BCUT2D eigenvalue weighted by Gasteiger charge is -2.33. The number of carbonyl (C=O) groups excluding carboxylic acids is 1. The minimum absolute atomic E-state index is 0.196. The number of rotatable bonds is 6. The average Bonchev–Trinajstić information content (AvgIpc) is 2.72. The third-order valence-electron chi connectivity index (χ3n) is 5.14. The SMILES string of the molecule is Cc1nc(N2CCN(C)CC2)cc(N(C)c2cccc(NC(=O)NCC(C)C)c2)n1. The van der Waals surface area contributed by atoms with Gasteiger partial charge < -0.3 is 25.3 Å². The Labute approximate surface area is 179 Å². The number of hydrogen-bond acceptors (Lipinski definition) is 6. The molecule has 8 nitrogen and oxygen atoms in total. The normalized spacial score (nSPS) is 14.7. The summed E-state index contributed by atoms with van der Waals surface area (Å²) in [5, 5.41) is 5.77. The number of piperazine rings is 1. The van der Waals surface area contributed by atoms with Crippen LogP contribution in [0.15, 0.2) is 30.3 Å². The number of urea groups is 1. The second-order valence-electron chi connectivity index (χ2n) is 8.26. The summed E-state index contributed by atoms with van der Waals surface area (Å²) in [6, 6.07) is 9.60. The highest BCUT2D eigenvalue weighted by Crippen LogP contribution is 2.27. The molecule has 2 heterocycles. The molecule has 1 fully saturated rings. The standard InChI is InChI=1S/C22H33N7O/c1-16(2)15-23-22(30)26-18-7-6-8-19(13-18)28(5)20-14-21(25-17(3)24-20)29-11-9-27(4)10-12-29/h6-8,13-14,16H,9-12,15H2,1-5H3,(H2,23,26,30). The van der Waals surface area contributed by atoms with E-state index in [1.54, 1.807) is 0 Å². The van der Waals surface area contributed by atoms with Crippen molar-refractivity contribution in [2.24, 2.45) is 5.92 Å². The second-order valence-corrected chi connectivity index (χ2v) is 8.26. The van der Waals surface area contributed by atoms with E-state index in [0.29, 0.717) is 12.5 Å². The van der Waals surface area contributed by atoms with E-state index < -0.39 is 0 Å². The predicted octanol–water partition coefficient (Wildman–Crippen LogP) is 3.08. The van der Waals surface area contributed by atoms with Gasteiger partial charge in [-0.05, 0) is 38.1 Å².